The van der Waals surface area contributed by atoms with Crippen molar-refractivity contribution < 1.29 is 14.1 Å². The summed E-state index contributed by atoms with van der Waals surface area (Å²) in [7, 11) is 0. The molecule has 0 saturated carbocycles. The normalized spacial score (nSPS) is 21.5. The van der Waals surface area contributed by atoms with E-state index >= 15 is 0 Å². The van der Waals surface area contributed by atoms with Gasteiger partial charge in [0.2, 0.25) is 5.91 Å². The number of benzene rings is 1. The van der Waals surface area contributed by atoms with Crippen LogP contribution < -0.4 is 9.64 Å². The van der Waals surface area contributed by atoms with Crippen LogP contribution in [-0.2, 0) is 4.79 Å². The van der Waals surface area contributed by atoms with Gasteiger partial charge in [0.05, 0.1) is 6.61 Å². The van der Waals surface area contributed by atoms with E-state index in [0.29, 0.717) is 17.8 Å². The zero-order valence-electron chi connectivity index (χ0n) is 21.8. The van der Waals surface area contributed by atoms with Crippen LogP contribution in [0.25, 0.3) is 5.57 Å². The Morgan fingerprint density at radius 1 is 1.06 bits per heavy atom. The summed E-state index contributed by atoms with van der Waals surface area (Å²) in [6.45, 7) is 8.62. The summed E-state index contributed by atoms with van der Waals surface area (Å²) >= 11 is 0. The molecule has 2 saturated heterocycles. The lowest BCUT2D eigenvalue weighted by Crippen LogP contribution is -2.40. The quantitative estimate of drug-likeness (QED) is 0.495. The van der Waals surface area contributed by atoms with Crippen molar-refractivity contribution >= 4 is 17.5 Å². The Morgan fingerprint density at radius 3 is 2.44 bits per heavy atom. The Morgan fingerprint density at radius 2 is 1.81 bits per heavy atom. The number of hydrogen-bond acceptors (Lipinski definition) is 6. The van der Waals surface area contributed by atoms with Gasteiger partial charge in [-0.25, -0.2) is 0 Å². The van der Waals surface area contributed by atoms with Gasteiger partial charge in [0.1, 0.15) is 5.75 Å². The maximum Gasteiger partial charge on any atom is 0.324 e. The van der Waals surface area contributed by atoms with E-state index in [2.05, 4.69) is 64.1 Å². The minimum absolute atomic E-state index is 0.165. The van der Waals surface area contributed by atoms with Crippen molar-refractivity contribution in [2.75, 3.05) is 37.7 Å². The molecule has 3 heterocycles. The average molecular weight is 493 g/mol. The number of anilines is 1. The van der Waals surface area contributed by atoms with Crippen LogP contribution in [0.15, 0.2) is 34.9 Å². The molecule has 0 N–H and O–H groups in total. The van der Waals surface area contributed by atoms with Crippen molar-refractivity contribution in [3.8, 4) is 5.75 Å². The largest absolute Gasteiger partial charge is 0.493 e. The highest BCUT2D eigenvalue weighted by Gasteiger charge is 2.27. The van der Waals surface area contributed by atoms with E-state index < -0.39 is 0 Å². The molecule has 2 aromatic rings. The lowest BCUT2D eigenvalue weighted by Gasteiger charge is -2.31. The summed E-state index contributed by atoms with van der Waals surface area (Å²) in [4.78, 5) is 21.6. The Hall–Kier alpha value is -2.83. The lowest BCUT2D eigenvalue weighted by atomic mass is 9.85. The van der Waals surface area contributed by atoms with Gasteiger partial charge in [-0.05, 0) is 80.6 Å². The average Bonchev–Trinajstić information content (AvgIpc) is 3.44. The van der Waals surface area contributed by atoms with Crippen LogP contribution >= 0.6 is 0 Å². The third kappa shape index (κ3) is 5.93. The summed E-state index contributed by atoms with van der Waals surface area (Å²) in [5, 5.41) is 4.08. The van der Waals surface area contributed by atoms with Crippen molar-refractivity contribution in [1.82, 2.24) is 15.0 Å². The second-order valence-corrected chi connectivity index (χ2v) is 10.9. The number of ether oxygens (including phenoxy) is 1. The number of carbonyl (C=O) groups excluding carboxylic acids is 1. The molecule has 1 aromatic heterocycles. The fourth-order valence-electron chi connectivity index (χ4n) is 5.55. The maximum atomic E-state index is 12.8. The van der Waals surface area contributed by atoms with Crippen LogP contribution in [0.2, 0.25) is 0 Å². The minimum Gasteiger partial charge on any atom is -0.493 e. The van der Waals surface area contributed by atoms with Gasteiger partial charge < -0.3 is 19.1 Å². The molecule has 7 heteroatoms. The predicted octanol–water partition coefficient (Wildman–Crippen LogP) is 5.68. The molecule has 1 aromatic carbocycles. The number of carbonyl (C=O) groups is 1. The number of likely N-dealkylation sites (tertiary alicyclic amines) is 1. The molecule has 194 valence electrons. The van der Waals surface area contributed by atoms with E-state index in [9.17, 15) is 4.79 Å². The van der Waals surface area contributed by atoms with Crippen molar-refractivity contribution in [3.05, 3.63) is 41.7 Å². The summed E-state index contributed by atoms with van der Waals surface area (Å²) in [5.74, 6) is 3.04. The molecule has 2 aliphatic heterocycles. The number of hydrogen-bond donors (Lipinski definition) is 0. The topological polar surface area (TPSA) is 71.7 Å². The number of piperidine rings is 2. The van der Waals surface area contributed by atoms with Gasteiger partial charge in [-0.2, -0.15) is 4.98 Å². The molecule has 0 bridgehead atoms. The third-order valence-corrected chi connectivity index (χ3v) is 7.97. The van der Waals surface area contributed by atoms with Crippen molar-refractivity contribution in [2.24, 2.45) is 11.8 Å². The molecular formula is C29H40N4O3. The molecule has 0 spiro atoms. The summed E-state index contributed by atoms with van der Waals surface area (Å²) < 4.78 is 11.6. The molecule has 1 amide bonds. The first kappa shape index (κ1) is 24.8. The molecule has 1 unspecified atom stereocenters. The number of rotatable bonds is 7. The molecular weight excluding hydrogens is 452 g/mol. The van der Waals surface area contributed by atoms with Crippen LogP contribution in [0.5, 0.6) is 5.75 Å². The Bertz CT molecular complexity index is 1030. The summed E-state index contributed by atoms with van der Waals surface area (Å²) in [5.41, 5.74) is 2.61. The number of allylic oxidation sites excluding steroid dienone is 2. The van der Waals surface area contributed by atoms with Gasteiger partial charge in [-0.1, -0.05) is 37.2 Å². The first-order valence-electron chi connectivity index (χ1n) is 13.9. The van der Waals surface area contributed by atoms with Gasteiger partial charge in [0.15, 0.2) is 5.82 Å². The molecule has 36 heavy (non-hydrogen) atoms. The van der Waals surface area contributed by atoms with Crippen molar-refractivity contribution in [1.29, 1.82) is 0 Å². The van der Waals surface area contributed by atoms with E-state index in [1.54, 1.807) is 0 Å². The van der Waals surface area contributed by atoms with Gasteiger partial charge in [-0.15, -0.1) is 0 Å². The van der Waals surface area contributed by atoms with Gasteiger partial charge in [-0.3, -0.25) is 4.79 Å². The number of nitrogens with zero attached hydrogens (tertiary/aromatic N) is 4. The Labute approximate surface area is 214 Å². The van der Waals surface area contributed by atoms with Crippen LogP contribution in [0.3, 0.4) is 0 Å². The predicted molar refractivity (Wildman–Crippen MR) is 141 cm³/mol. The van der Waals surface area contributed by atoms with Gasteiger partial charge in [0.25, 0.3) is 0 Å². The van der Waals surface area contributed by atoms with Gasteiger partial charge >= 0.3 is 6.01 Å². The fourth-order valence-corrected chi connectivity index (χ4v) is 5.55. The first-order chi connectivity index (χ1) is 17.6. The molecule has 1 atom stereocenters. The van der Waals surface area contributed by atoms with E-state index in [1.165, 1.54) is 17.6 Å². The zero-order valence-corrected chi connectivity index (χ0v) is 21.8. The molecule has 0 radical (unpaired) electrons. The third-order valence-electron chi connectivity index (χ3n) is 7.97. The van der Waals surface area contributed by atoms with E-state index in [4.69, 9.17) is 9.26 Å². The highest BCUT2D eigenvalue weighted by atomic mass is 16.5. The monoisotopic (exact) mass is 492 g/mol. The molecule has 2 fully saturated rings. The molecule has 7 nitrogen and oxygen atoms in total. The number of aromatic nitrogens is 2. The lowest BCUT2D eigenvalue weighted by molar-refractivity contribution is -0.136. The van der Waals surface area contributed by atoms with Crippen LogP contribution in [0.1, 0.15) is 82.5 Å². The van der Waals surface area contributed by atoms with Crippen LogP contribution in [0.4, 0.5) is 6.01 Å². The smallest absolute Gasteiger partial charge is 0.324 e. The zero-order chi connectivity index (χ0) is 24.9. The maximum absolute atomic E-state index is 12.8. The summed E-state index contributed by atoms with van der Waals surface area (Å²) in [6, 6.07) is 9.15. The second kappa shape index (κ2) is 11.5. The Kier molecular flexibility index (Phi) is 7.93. The number of amides is 1. The standard InChI is InChI=1S/C29H40N4O3/c1-21(2)27-30-29(36-31-27)33-18-14-22(15-19-33)20-35-26-12-10-24(11-13-26)23-6-8-25(9-7-23)28(34)32-16-4-3-5-17-32/h6,10-13,21-22,25H,3-5,7-9,14-20H2,1-2H3. The highest BCUT2D eigenvalue weighted by Crippen LogP contribution is 2.33. The summed E-state index contributed by atoms with van der Waals surface area (Å²) in [6.07, 6.45) is 10.8. The van der Waals surface area contributed by atoms with E-state index in [1.807, 2.05) is 0 Å². The first-order valence-corrected chi connectivity index (χ1v) is 13.9. The van der Waals surface area contributed by atoms with Crippen LogP contribution in [-0.4, -0.2) is 53.7 Å². The van der Waals surface area contributed by atoms with Crippen molar-refractivity contribution in [2.45, 2.75) is 71.1 Å². The highest BCUT2D eigenvalue weighted by molar-refractivity contribution is 5.80. The molecule has 3 aliphatic rings. The Balaban J connectivity index is 1.06. The van der Waals surface area contributed by atoms with Gasteiger partial charge in [0, 0.05) is 38.0 Å². The SMILES string of the molecule is CC(C)c1noc(N2CCC(COc3ccc(C4=CCC(C(=O)N5CCCCC5)CC4)cc3)CC2)n1. The van der Waals surface area contributed by atoms with Crippen LogP contribution in [0, 0.1) is 11.8 Å². The minimum atomic E-state index is 0.165. The molecule has 5 rings (SSSR count). The molecule has 1 aliphatic carbocycles. The fraction of sp³-hybridized carbons (Fsp3) is 0.621. The van der Waals surface area contributed by atoms with E-state index in [-0.39, 0.29) is 11.8 Å². The second-order valence-electron chi connectivity index (χ2n) is 10.9. The van der Waals surface area contributed by atoms with Crippen molar-refractivity contribution in [3.63, 3.8) is 0 Å². The van der Waals surface area contributed by atoms with E-state index in [0.717, 1.165) is 89.3 Å².